The van der Waals surface area contributed by atoms with Crippen molar-refractivity contribution in [1.29, 1.82) is 0 Å². The molecule has 1 N–H and O–H groups in total. The maximum atomic E-state index is 8.54. The molecule has 0 spiro atoms. The van der Waals surface area contributed by atoms with Gasteiger partial charge in [-0.15, -0.1) is 0 Å². The first-order chi connectivity index (χ1) is 7.76. The van der Waals surface area contributed by atoms with Crippen LogP contribution >= 0.6 is 0 Å². The first kappa shape index (κ1) is 12.5. The Bertz CT molecular complexity index is 333. The van der Waals surface area contributed by atoms with Gasteiger partial charge in [0, 0.05) is 13.5 Å². The summed E-state index contributed by atoms with van der Waals surface area (Å²) >= 11 is 0. The summed E-state index contributed by atoms with van der Waals surface area (Å²) in [6.45, 7) is 2.91. The molecule has 1 aromatic rings. The molecule has 0 aliphatic rings. The maximum absolute atomic E-state index is 8.54. The molecule has 0 aliphatic heterocycles. The number of hydrogen-bond donors (Lipinski definition) is 1. The third kappa shape index (κ3) is 4.31. The van der Waals surface area contributed by atoms with E-state index in [4.69, 9.17) is 14.7 Å². The normalized spacial score (nSPS) is 11.5. The molecular formula is C12H17NO3. The van der Waals surface area contributed by atoms with Gasteiger partial charge in [0.1, 0.15) is 12.4 Å². The number of hydrogen-bond acceptors (Lipinski definition) is 4. The van der Waals surface area contributed by atoms with E-state index in [1.807, 2.05) is 24.3 Å². The van der Waals surface area contributed by atoms with Gasteiger partial charge in [-0.1, -0.05) is 17.3 Å². The fourth-order valence-electron chi connectivity index (χ4n) is 1.28. The van der Waals surface area contributed by atoms with E-state index in [9.17, 15) is 0 Å². The van der Waals surface area contributed by atoms with Crippen molar-refractivity contribution in [3.05, 3.63) is 29.8 Å². The van der Waals surface area contributed by atoms with Crippen LogP contribution < -0.4 is 4.74 Å². The van der Waals surface area contributed by atoms with Crippen molar-refractivity contribution in [3.8, 4) is 5.75 Å². The van der Waals surface area contributed by atoms with Crippen LogP contribution in [0.4, 0.5) is 0 Å². The average Bonchev–Trinajstić information content (AvgIpc) is 2.31. The van der Waals surface area contributed by atoms with E-state index in [-0.39, 0.29) is 0 Å². The van der Waals surface area contributed by atoms with E-state index in [0.717, 1.165) is 11.3 Å². The van der Waals surface area contributed by atoms with E-state index in [1.165, 1.54) is 0 Å². The molecule has 88 valence electrons. The number of rotatable bonds is 6. The van der Waals surface area contributed by atoms with Crippen LogP contribution in [-0.4, -0.2) is 31.2 Å². The summed E-state index contributed by atoms with van der Waals surface area (Å²) in [6, 6.07) is 7.71. The largest absolute Gasteiger partial charge is 0.491 e. The second-order valence-corrected chi connectivity index (χ2v) is 3.50. The van der Waals surface area contributed by atoms with E-state index < -0.39 is 0 Å². The molecule has 0 aromatic heterocycles. The third-order valence-electron chi connectivity index (χ3n) is 2.11. The number of methoxy groups -OCH3 is 1. The molecule has 0 saturated carbocycles. The summed E-state index contributed by atoms with van der Waals surface area (Å²) in [4.78, 5) is 0. The van der Waals surface area contributed by atoms with Crippen LogP contribution in [0.1, 0.15) is 12.5 Å². The zero-order valence-corrected chi connectivity index (χ0v) is 9.64. The highest BCUT2D eigenvalue weighted by atomic mass is 16.5. The highest BCUT2D eigenvalue weighted by Gasteiger charge is 1.98. The SMILES string of the molecule is COCCOc1ccc(C/C(C)=N/O)cc1. The predicted octanol–water partition coefficient (Wildman–Crippen LogP) is 2.10. The monoisotopic (exact) mass is 223 g/mol. The summed E-state index contributed by atoms with van der Waals surface area (Å²) < 4.78 is 10.3. The highest BCUT2D eigenvalue weighted by molar-refractivity contribution is 5.83. The smallest absolute Gasteiger partial charge is 0.119 e. The Balaban J connectivity index is 2.47. The van der Waals surface area contributed by atoms with Crippen molar-refractivity contribution in [2.45, 2.75) is 13.3 Å². The van der Waals surface area contributed by atoms with Crippen LogP contribution in [0.15, 0.2) is 29.4 Å². The standard InChI is InChI=1S/C12H17NO3/c1-10(13-14)9-11-3-5-12(6-4-11)16-8-7-15-2/h3-6,14H,7-9H2,1-2H3/b13-10+. The minimum absolute atomic E-state index is 0.549. The molecule has 1 rings (SSSR count). The van der Waals surface area contributed by atoms with Gasteiger partial charge in [0.25, 0.3) is 0 Å². The lowest BCUT2D eigenvalue weighted by molar-refractivity contribution is 0.146. The highest BCUT2D eigenvalue weighted by Crippen LogP contribution is 2.12. The van der Waals surface area contributed by atoms with Crippen LogP contribution in [0, 0.1) is 0 Å². The number of oxime groups is 1. The number of ether oxygens (including phenoxy) is 2. The van der Waals surface area contributed by atoms with Gasteiger partial charge in [0.15, 0.2) is 0 Å². The van der Waals surface area contributed by atoms with Crippen molar-refractivity contribution >= 4 is 5.71 Å². The van der Waals surface area contributed by atoms with Gasteiger partial charge in [0.05, 0.1) is 12.3 Å². The molecule has 0 unspecified atom stereocenters. The molecule has 0 fully saturated rings. The lowest BCUT2D eigenvalue weighted by Crippen LogP contribution is -2.04. The molecule has 0 saturated heterocycles. The second-order valence-electron chi connectivity index (χ2n) is 3.50. The Hall–Kier alpha value is -1.55. The Morgan fingerprint density at radius 1 is 1.25 bits per heavy atom. The van der Waals surface area contributed by atoms with Crippen LogP contribution in [0.5, 0.6) is 5.75 Å². The van der Waals surface area contributed by atoms with Gasteiger partial charge < -0.3 is 14.7 Å². The molecular weight excluding hydrogens is 206 g/mol. The first-order valence-corrected chi connectivity index (χ1v) is 5.14. The molecule has 0 bridgehead atoms. The van der Waals surface area contributed by atoms with E-state index in [1.54, 1.807) is 14.0 Å². The molecule has 4 heteroatoms. The lowest BCUT2D eigenvalue weighted by atomic mass is 10.1. The molecule has 4 nitrogen and oxygen atoms in total. The van der Waals surface area contributed by atoms with Gasteiger partial charge in [-0.3, -0.25) is 0 Å². The number of nitrogens with zero attached hydrogens (tertiary/aromatic N) is 1. The quantitative estimate of drug-likeness (QED) is 0.348. The summed E-state index contributed by atoms with van der Waals surface area (Å²) in [7, 11) is 1.64. The van der Waals surface area contributed by atoms with Gasteiger partial charge >= 0.3 is 0 Å². The first-order valence-electron chi connectivity index (χ1n) is 5.14. The van der Waals surface area contributed by atoms with Crippen molar-refractivity contribution in [3.63, 3.8) is 0 Å². The van der Waals surface area contributed by atoms with E-state index in [0.29, 0.717) is 25.3 Å². The Kier molecular flexibility index (Phi) is 5.36. The van der Waals surface area contributed by atoms with Crippen molar-refractivity contribution in [2.24, 2.45) is 5.16 Å². The second kappa shape index (κ2) is 6.85. The van der Waals surface area contributed by atoms with Crippen molar-refractivity contribution in [1.82, 2.24) is 0 Å². The molecule has 0 aliphatic carbocycles. The average molecular weight is 223 g/mol. The Labute approximate surface area is 95.5 Å². The Morgan fingerprint density at radius 3 is 2.50 bits per heavy atom. The van der Waals surface area contributed by atoms with Crippen LogP contribution in [-0.2, 0) is 11.2 Å². The van der Waals surface area contributed by atoms with Gasteiger partial charge in [-0.05, 0) is 24.6 Å². The number of benzene rings is 1. The molecule has 0 amide bonds. The van der Waals surface area contributed by atoms with Gasteiger partial charge in [-0.25, -0.2) is 0 Å². The Morgan fingerprint density at radius 2 is 1.94 bits per heavy atom. The van der Waals surface area contributed by atoms with E-state index >= 15 is 0 Å². The molecule has 1 aromatic carbocycles. The zero-order chi connectivity index (χ0) is 11.8. The molecule has 0 heterocycles. The minimum Gasteiger partial charge on any atom is -0.491 e. The summed E-state index contributed by atoms with van der Waals surface area (Å²) in [5.74, 6) is 0.819. The van der Waals surface area contributed by atoms with Crippen LogP contribution in [0.2, 0.25) is 0 Å². The predicted molar refractivity (Wildman–Crippen MR) is 62.4 cm³/mol. The topological polar surface area (TPSA) is 51.0 Å². The maximum Gasteiger partial charge on any atom is 0.119 e. The van der Waals surface area contributed by atoms with Gasteiger partial charge in [0.2, 0.25) is 0 Å². The van der Waals surface area contributed by atoms with Gasteiger partial charge in [-0.2, -0.15) is 0 Å². The molecule has 0 atom stereocenters. The van der Waals surface area contributed by atoms with E-state index in [2.05, 4.69) is 5.16 Å². The molecule has 0 radical (unpaired) electrons. The fourth-order valence-corrected chi connectivity index (χ4v) is 1.28. The van der Waals surface area contributed by atoms with Crippen LogP contribution in [0.25, 0.3) is 0 Å². The third-order valence-corrected chi connectivity index (χ3v) is 2.11. The summed E-state index contributed by atoms with van der Waals surface area (Å²) in [6.07, 6.45) is 0.648. The van der Waals surface area contributed by atoms with Crippen LogP contribution in [0.3, 0.4) is 0 Å². The van der Waals surface area contributed by atoms with Crippen molar-refractivity contribution < 1.29 is 14.7 Å². The fraction of sp³-hybridized carbons (Fsp3) is 0.417. The minimum atomic E-state index is 0.549. The molecule has 16 heavy (non-hydrogen) atoms. The zero-order valence-electron chi connectivity index (χ0n) is 9.64. The van der Waals surface area contributed by atoms with Crippen molar-refractivity contribution in [2.75, 3.05) is 20.3 Å². The summed E-state index contributed by atoms with van der Waals surface area (Å²) in [5.41, 5.74) is 1.78. The lowest BCUT2D eigenvalue weighted by Gasteiger charge is -2.06. The summed E-state index contributed by atoms with van der Waals surface area (Å²) in [5, 5.41) is 11.7.